The number of aromatic nitrogens is 3. The minimum atomic E-state index is -0.918. The van der Waals surface area contributed by atoms with E-state index in [1.807, 2.05) is 0 Å². The lowest BCUT2D eigenvalue weighted by molar-refractivity contribution is -0.142. The first-order chi connectivity index (χ1) is 14.0. The van der Waals surface area contributed by atoms with Crippen LogP contribution < -0.4 is 11.1 Å². The number of methoxy groups -OCH3 is 1. The molecule has 5 N–H and O–H groups in total. The number of carbonyl (C=O) groups is 2. The summed E-state index contributed by atoms with van der Waals surface area (Å²) in [7, 11) is 1.24. The number of amides is 1. The third-order valence-corrected chi connectivity index (χ3v) is 4.23. The van der Waals surface area contributed by atoms with Crippen LogP contribution in [0.3, 0.4) is 0 Å². The van der Waals surface area contributed by atoms with Crippen LogP contribution in [0.5, 0.6) is 5.75 Å². The lowest BCUT2D eigenvalue weighted by Gasteiger charge is -2.14. The molecule has 0 aliphatic carbocycles. The van der Waals surface area contributed by atoms with Gasteiger partial charge >= 0.3 is 5.97 Å². The maximum Gasteiger partial charge on any atom is 0.328 e. The zero-order valence-electron chi connectivity index (χ0n) is 15.7. The number of nitrogens with zero attached hydrogens (tertiary/aromatic N) is 2. The summed E-state index contributed by atoms with van der Waals surface area (Å²) in [5.41, 5.74) is 7.65. The van der Waals surface area contributed by atoms with E-state index >= 15 is 0 Å². The molecule has 10 heteroatoms. The summed E-state index contributed by atoms with van der Waals surface area (Å²) in [6.07, 6.45) is 4.81. The Balaban J connectivity index is 1.65. The van der Waals surface area contributed by atoms with Crippen LogP contribution in [0.15, 0.2) is 47.5 Å². The number of rotatable bonds is 8. The predicted octanol–water partition coefficient (Wildman–Crippen LogP) is 0.860. The number of hydrogen-bond donors (Lipinski definition) is 4. The van der Waals surface area contributed by atoms with Gasteiger partial charge in [-0.2, -0.15) is 0 Å². The Morgan fingerprint density at radius 3 is 2.72 bits per heavy atom. The third-order valence-electron chi connectivity index (χ3n) is 4.23. The number of ether oxygens (including phenoxy) is 1. The van der Waals surface area contributed by atoms with Gasteiger partial charge in [0, 0.05) is 18.3 Å². The van der Waals surface area contributed by atoms with E-state index in [2.05, 4.69) is 20.3 Å². The summed E-state index contributed by atoms with van der Waals surface area (Å²) in [5.74, 6) is -0.841. The van der Waals surface area contributed by atoms with E-state index in [4.69, 9.17) is 14.9 Å². The van der Waals surface area contributed by atoms with Crippen molar-refractivity contribution in [2.45, 2.75) is 24.9 Å². The summed E-state index contributed by atoms with van der Waals surface area (Å²) in [6, 6.07) is 5.10. The highest BCUT2D eigenvalue weighted by Crippen LogP contribution is 2.18. The Bertz CT molecular complexity index is 952. The average molecular weight is 399 g/mol. The highest BCUT2D eigenvalue weighted by molar-refractivity contribution is 5.95. The van der Waals surface area contributed by atoms with Crippen molar-refractivity contribution >= 4 is 11.9 Å². The van der Waals surface area contributed by atoms with Gasteiger partial charge in [-0.3, -0.25) is 4.79 Å². The molecule has 1 aromatic carbocycles. The lowest BCUT2D eigenvalue weighted by Crippen LogP contribution is -2.43. The molecule has 10 nitrogen and oxygen atoms in total. The van der Waals surface area contributed by atoms with E-state index in [9.17, 15) is 14.7 Å². The number of imidazole rings is 1. The van der Waals surface area contributed by atoms with E-state index in [1.54, 1.807) is 30.5 Å². The highest BCUT2D eigenvalue weighted by Gasteiger charge is 2.25. The SMILES string of the molecule is COC(=O)C(Cc1cnc[nH]1)NC(=O)c1coc(C(N)Cc2ccc(O)cc2)n1. The second-order valence-electron chi connectivity index (χ2n) is 6.38. The molecule has 2 heterocycles. The van der Waals surface area contributed by atoms with Gasteiger partial charge in [0.15, 0.2) is 5.69 Å². The molecular weight excluding hydrogens is 378 g/mol. The van der Waals surface area contributed by atoms with Crippen LogP contribution in [-0.4, -0.2) is 45.1 Å². The Morgan fingerprint density at radius 2 is 2.07 bits per heavy atom. The first kappa shape index (κ1) is 20.1. The van der Waals surface area contributed by atoms with E-state index in [1.165, 1.54) is 19.7 Å². The maximum absolute atomic E-state index is 12.5. The molecule has 1 amide bonds. The Kier molecular flexibility index (Phi) is 6.25. The molecule has 2 atom stereocenters. The summed E-state index contributed by atoms with van der Waals surface area (Å²) in [6.45, 7) is 0. The van der Waals surface area contributed by atoms with Gasteiger partial charge in [0.25, 0.3) is 5.91 Å². The summed E-state index contributed by atoms with van der Waals surface area (Å²) < 4.78 is 10.1. The van der Waals surface area contributed by atoms with Gasteiger partial charge in [-0.1, -0.05) is 12.1 Å². The number of oxazole rings is 1. The zero-order valence-corrected chi connectivity index (χ0v) is 15.7. The monoisotopic (exact) mass is 399 g/mol. The summed E-state index contributed by atoms with van der Waals surface area (Å²) >= 11 is 0. The molecule has 2 unspecified atom stereocenters. The van der Waals surface area contributed by atoms with Crippen molar-refractivity contribution < 1.29 is 23.8 Å². The molecular formula is C19H21N5O5. The molecule has 0 radical (unpaired) electrons. The van der Waals surface area contributed by atoms with Gasteiger partial charge in [0.05, 0.1) is 19.5 Å². The van der Waals surface area contributed by atoms with Crippen LogP contribution >= 0.6 is 0 Å². The first-order valence-electron chi connectivity index (χ1n) is 8.81. The Hall–Kier alpha value is -3.66. The van der Waals surface area contributed by atoms with Crippen LogP contribution in [-0.2, 0) is 22.4 Å². The quantitative estimate of drug-likeness (QED) is 0.406. The van der Waals surface area contributed by atoms with Crippen LogP contribution in [0.25, 0.3) is 0 Å². The van der Waals surface area contributed by atoms with Crippen molar-refractivity contribution in [2.75, 3.05) is 7.11 Å². The van der Waals surface area contributed by atoms with Crippen molar-refractivity contribution in [2.24, 2.45) is 5.73 Å². The van der Waals surface area contributed by atoms with E-state index < -0.39 is 24.0 Å². The van der Waals surface area contributed by atoms with E-state index in [0.29, 0.717) is 12.1 Å². The van der Waals surface area contributed by atoms with Crippen molar-refractivity contribution in [3.8, 4) is 5.75 Å². The van der Waals surface area contributed by atoms with Crippen LogP contribution in [0.1, 0.15) is 33.7 Å². The fourth-order valence-electron chi connectivity index (χ4n) is 2.72. The number of aromatic hydroxyl groups is 1. The molecule has 2 aromatic heterocycles. The molecule has 3 rings (SSSR count). The van der Waals surface area contributed by atoms with Gasteiger partial charge in [-0.05, 0) is 24.1 Å². The molecule has 0 aliphatic heterocycles. The maximum atomic E-state index is 12.5. The number of hydrogen-bond acceptors (Lipinski definition) is 8. The molecule has 0 spiro atoms. The predicted molar refractivity (Wildman–Crippen MR) is 101 cm³/mol. The van der Waals surface area contributed by atoms with Gasteiger partial charge in [0.2, 0.25) is 5.89 Å². The van der Waals surface area contributed by atoms with Crippen molar-refractivity contribution in [3.63, 3.8) is 0 Å². The van der Waals surface area contributed by atoms with Crippen LogP contribution in [0.2, 0.25) is 0 Å². The number of carbonyl (C=O) groups excluding carboxylic acids is 2. The molecule has 3 aromatic rings. The molecule has 29 heavy (non-hydrogen) atoms. The second kappa shape index (κ2) is 9.02. The van der Waals surface area contributed by atoms with Gasteiger partial charge in [-0.25, -0.2) is 14.8 Å². The molecule has 0 saturated heterocycles. The number of nitrogens with two attached hydrogens (primary N) is 1. The molecule has 0 bridgehead atoms. The fraction of sp³-hybridized carbons (Fsp3) is 0.263. The normalized spacial score (nSPS) is 12.9. The first-order valence-corrected chi connectivity index (χ1v) is 8.81. The topological polar surface area (TPSA) is 156 Å². The molecule has 152 valence electrons. The number of benzene rings is 1. The van der Waals surface area contributed by atoms with Gasteiger partial charge < -0.3 is 30.3 Å². The fourth-order valence-corrected chi connectivity index (χ4v) is 2.72. The minimum Gasteiger partial charge on any atom is -0.508 e. The van der Waals surface area contributed by atoms with E-state index in [-0.39, 0.29) is 23.8 Å². The van der Waals surface area contributed by atoms with Gasteiger partial charge in [-0.15, -0.1) is 0 Å². The molecule has 0 aliphatic rings. The largest absolute Gasteiger partial charge is 0.508 e. The van der Waals surface area contributed by atoms with Crippen LogP contribution in [0, 0.1) is 0 Å². The standard InChI is InChI=1S/C19H21N5O5/c1-28-19(27)15(7-12-8-21-10-22-12)23-17(26)16-9-29-18(24-16)14(20)6-11-2-4-13(25)5-3-11/h2-5,8-10,14-15,25H,6-7,20H2,1H3,(H,21,22)(H,23,26). The number of phenols is 1. The zero-order chi connectivity index (χ0) is 20.8. The Labute approximate surface area is 166 Å². The number of nitrogens with one attached hydrogen (secondary N) is 2. The smallest absolute Gasteiger partial charge is 0.328 e. The summed E-state index contributed by atoms with van der Waals surface area (Å²) in [5, 5.41) is 11.9. The second-order valence-corrected chi connectivity index (χ2v) is 6.38. The molecule has 0 fully saturated rings. The lowest BCUT2D eigenvalue weighted by atomic mass is 10.1. The number of aromatic amines is 1. The van der Waals surface area contributed by atoms with Crippen molar-refractivity contribution in [1.82, 2.24) is 20.3 Å². The van der Waals surface area contributed by atoms with E-state index in [0.717, 1.165) is 5.56 Å². The van der Waals surface area contributed by atoms with Crippen LogP contribution in [0.4, 0.5) is 0 Å². The number of H-pyrrole nitrogens is 1. The highest BCUT2D eigenvalue weighted by atomic mass is 16.5. The van der Waals surface area contributed by atoms with Gasteiger partial charge in [0.1, 0.15) is 18.1 Å². The van der Waals surface area contributed by atoms with Crippen molar-refractivity contribution in [3.05, 3.63) is 65.9 Å². The number of phenolic OH excluding ortho intramolecular Hbond substituents is 1. The third kappa shape index (κ3) is 5.20. The van der Waals surface area contributed by atoms with Crippen molar-refractivity contribution in [1.29, 1.82) is 0 Å². The number of esters is 1. The Morgan fingerprint density at radius 1 is 1.31 bits per heavy atom. The minimum absolute atomic E-state index is 0.000306. The average Bonchev–Trinajstić information content (AvgIpc) is 3.40. The summed E-state index contributed by atoms with van der Waals surface area (Å²) in [4.78, 5) is 35.4. The molecule has 0 saturated carbocycles.